The van der Waals surface area contributed by atoms with E-state index in [0.717, 1.165) is 23.0 Å². The fraction of sp³-hybridized carbons (Fsp3) is 0.273. The first-order valence-electron chi connectivity index (χ1n) is 5.03. The van der Waals surface area contributed by atoms with Crippen molar-refractivity contribution in [2.24, 2.45) is 0 Å². The summed E-state index contributed by atoms with van der Waals surface area (Å²) >= 11 is 0. The van der Waals surface area contributed by atoms with Crippen LogP contribution in [0.5, 0.6) is 0 Å². The molecule has 84 valence electrons. The maximum absolute atomic E-state index is 11.1. The average Bonchev–Trinajstić information content (AvgIpc) is 2.26. The van der Waals surface area contributed by atoms with Crippen LogP contribution in [0, 0.1) is 0 Å². The number of carbonyl (C=O) groups excluding carboxylic acids is 1. The van der Waals surface area contributed by atoms with Gasteiger partial charge in [0.25, 0.3) is 0 Å². The van der Waals surface area contributed by atoms with Gasteiger partial charge in [0, 0.05) is 19.0 Å². The SMILES string of the molecule is O=C(O)/C=C/C1=CC2=C(NC1)NC(=O)CC2. The molecule has 2 rings (SSSR count). The van der Waals surface area contributed by atoms with E-state index in [4.69, 9.17) is 5.11 Å². The second-order valence-corrected chi connectivity index (χ2v) is 3.69. The van der Waals surface area contributed by atoms with Gasteiger partial charge >= 0.3 is 5.97 Å². The summed E-state index contributed by atoms with van der Waals surface area (Å²) in [4.78, 5) is 21.5. The number of hydrogen-bond donors (Lipinski definition) is 3. The van der Waals surface area contributed by atoms with E-state index in [1.165, 1.54) is 0 Å². The zero-order valence-electron chi connectivity index (χ0n) is 8.62. The summed E-state index contributed by atoms with van der Waals surface area (Å²) in [5, 5.41) is 14.3. The van der Waals surface area contributed by atoms with Gasteiger partial charge in [0.1, 0.15) is 5.82 Å². The molecule has 0 fully saturated rings. The van der Waals surface area contributed by atoms with Gasteiger partial charge < -0.3 is 15.7 Å². The molecule has 0 bridgehead atoms. The molecule has 0 aromatic heterocycles. The molecule has 5 nitrogen and oxygen atoms in total. The van der Waals surface area contributed by atoms with Gasteiger partial charge in [-0.05, 0) is 17.6 Å². The largest absolute Gasteiger partial charge is 0.478 e. The number of aliphatic carboxylic acids is 1. The molecule has 1 amide bonds. The van der Waals surface area contributed by atoms with Gasteiger partial charge in [0.05, 0.1) is 0 Å². The Labute approximate surface area is 92.5 Å². The van der Waals surface area contributed by atoms with Crippen LogP contribution in [0.25, 0.3) is 0 Å². The van der Waals surface area contributed by atoms with Gasteiger partial charge in [-0.25, -0.2) is 4.79 Å². The van der Waals surface area contributed by atoms with Gasteiger partial charge in [0.2, 0.25) is 5.91 Å². The number of carbonyl (C=O) groups is 2. The Morgan fingerprint density at radius 2 is 2.25 bits per heavy atom. The van der Waals surface area contributed by atoms with Crippen LogP contribution >= 0.6 is 0 Å². The van der Waals surface area contributed by atoms with Gasteiger partial charge in [0.15, 0.2) is 0 Å². The van der Waals surface area contributed by atoms with Crippen LogP contribution in [-0.4, -0.2) is 23.5 Å². The molecule has 0 aromatic rings. The van der Waals surface area contributed by atoms with Crippen LogP contribution in [-0.2, 0) is 9.59 Å². The van der Waals surface area contributed by atoms with Crippen molar-refractivity contribution < 1.29 is 14.7 Å². The molecule has 0 aromatic carbocycles. The molecule has 5 heteroatoms. The minimum absolute atomic E-state index is 0.0178. The third-order valence-electron chi connectivity index (χ3n) is 2.48. The number of nitrogens with one attached hydrogen (secondary N) is 2. The predicted molar refractivity (Wildman–Crippen MR) is 57.3 cm³/mol. The van der Waals surface area contributed by atoms with Crippen molar-refractivity contribution >= 4 is 11.9 Å². The molecule has 0 radical (unpaired) electrons. The van der Waals surface area contributed by atoms with Crippen LogP contribution in [0.1, 0.15) is 12.8 Å². The third-order valence-corrected chi connectivity index (χ3v) is 2.48. The monoisotopic (exact) mass is 220 g/mol. The van der Waals surface area contributed by atoms with Crippen LogP contribution in [0.4, 0.5) is 0 Å². The highest BCUT2D eigenvalue weighted by Crippen LogP contribution is 2.20. The molecule has 16 heavy (non-hydrogen) atoms. The molecule has 0 aliphatic carbocycles. The Morgan fingerprint density at radius 3 is 3.00 bits per heavy atom. The molecular formula is C11H12N2O3. The smallest absolute Gasteiger partial charge is 0.328 e. The molecule has 2 heterocycles. The van der Waals surface area contributed by atoms with E-state index in [-0.39, 0.29) is 5.91 Å². The van der Waals surface area contributed by atoms with Gasteiger partial charge in [-0.1, -0.05) is 12.2 Å². The zero-order chi connectivity index (χ0) is 11.5. The van der Waals surface area contributed by atoms with E-state index in [9.17, 15) is 9.59 Å². The Bertz CT molecular complexity index is 433. The molecule has 0 unspecified atom stereocenters. The highest BCUT2D eigenvalue weighted by atomic mass is 16.4. The van der Waals surface area contributed by atoms with Crippen molar-refractivity contribution in [3.8, 4) is 0 Å². The van der Waals surface area contributed by atoms with E-state index < -0.39 is 5.97 Å². The fourth-order valence-electron chi connectivity index (χ4n) is 1.71. The van der Waals surface area contributed by atoms with Gasteiger partial charge in [-0.2, -0.15) is 0 Å². The minimum atomic E-state index is -0.961. The highest BCUT2D eigenvalue weighted by Gasteiger charge is 2.19. The van der Waals surface area contributed by atoms with Crippen LogP contribution in [0.2, 0.25) is 0 Å². The zero-order valence-corrected chi connectivity index (χ0v) is 8.62. The molecule has 0 saturated carbocycles. The first kappa shape index (κ1) is 10.5. The summed E-state index contributed by atoms with van der Waals surface area (Å²) in [7, 11) is 0. The summed E-state index contributed by atoms with van der Waals surface area (Å²) in [5.41, 5.74) is 1.92. The summed E-state index contributed by atoms with van der Waals surface area (Å²) in [6, 6.07) is 0. The lowest BCUT2D eigenvalue weighted by atomic mass is 10.00. The quantitative estimate of drug-likeness (QED) is 0.584. The highest BCUT2D eigenvalue weighted by molar-refractivity contribution is 5.81. The summed E-state index contributed by atoms with van der Waals surface area (Å²) in [6.45, 7) is 0.531. The molecule has 0 spiro atoms. The van der Waals surface area contributed by atoms with Crippen molar-refractivity contribution in [1.82, 2.24) is 10.6 Å². The number of dihydropyridines is 1. The molecule has 0 saturated heterocycles. The van der Waals surface area contributed by atoms with Crippen molar-refractivity contribution in [2.75, 3.05) is 6.54 Å². The second-order valence-electron chi connectivity index (χ2n) is 3.69. The van der Waals surface area contributed by atoms with Crippen molar-refractivity contribution in [3.63, 3.8) is 0 Å². The molecule has 2 aliphatic rings. The van der Waals surface area contributed by atoms with E-state index in [0.29, 0.717) is 19.4 Å². The van der Waals surface area contributed by atoms with E-state index in [2.05, 4.69) is 10.6 Å². The maximum atomic E-state index is 11.1. The lowest BCUT2D eigenvalue weighted by molar-refractivity contribution is -0.131. The van der Waals surface area contributed by atoms with Crippen LogP contribution < -0.4 is 10.6 Å². The van der Waals surface area contributed by atoms with Crippen LogP contribution in [0.15, 0.2) is 35.2 Å². The molecule has 3 N–H and O–H groups in total. The van der Waals surface area contributed by atoms with Crippen molar-refractivity contribution in [3.05, 3.63) is 35.2 Å². The second kappa shape index (κ2) is 4.22. The first-order valence-corrected chi connectivity index (χ1v) is 5.03. The Hall–Kier alpha value is -2.04. The normalized spacial score (nSPS) is 20.0. The molecule has 2 aliphatic heterocycles. The number of hydrogen-bond acceptors (Lipinski definition) is 3. The molecular weight excluding hydrogens is 208 g/mol. The van der Waals surface area contributed by atoms with Gasteiger partial charge in [-0.15, -0.1) is 0 Å². The summed E-state index contributed by atoms with van der Waals surface area (Å²) in [5.74, 6) is -0.189. The van der Waals surface area contributed by atoms with Gasteiger partial charge in [-0.3, -0.25) is 4.79 Å². The fourth-order valence-corrected chi connectivity index (χ4v) is 1.71. The number of amides is 1. The Kier molecular flexibility index (Phi) is 2.76. The lowest BCUT2D eigenvalue weighted by Gasteiger charge is -2.24. The minimum Gasteiger partial charge on any atom is -0.478 e. The lowest BCUT2D eigenvalue weighted by Crippen LogP contribution is -2.38. The summed E-state index contributed by atoms with van der Waals surface area (Å²) < 4.78 is 0. The number of carboxylic acids is 1. The summed E-state index contributed by atoms with van der Waals surface area (Å²) in [6.07, 6.45) is 5.77. The Morgan fingerprint density at radius 1 is 1.44 bits per heavy atom. The topological polar surface area (TPSA) is 78.4 Å². The van der Waals surface area contributed by atoms with Crippen LogP contribution in [0.3, 0.4) is 0 Å². The maximum Gasteiger partial charge on any atom is 0.328 e. The number of carboxylic acid groups (broad SMARTS) is 1. The predicted octanol–water partition coefficient (Wildman–Crippen LogP) is 0.278. The standard InChI is InChI=1S/C11H12N2O3/c14-9-3-2-8-5-7(1-4-10(15)16)6-12-11(8)13-9/h1,4-5,12H,2-3,6H2,(H,13,14)(H,15,16)/b4-1+. The van der Waals surface area contributed by atoms with E-state index >= 15 is 0 Å². The Balaban J connectivity index is 2.15. The van der Waals surface area contributed by atoms with Crippen molar-refractivity contribution in [2.45, 2.75) is 12.8 Å². The van der Waals surface area contributed by atoms with Crippen molar-refractivity contribution in [1.29, 1.82) is 0 Å². The number of rotatable bonds is 2. The third kappa shape index (κ3) is 2.31. The number of allylic oxidation sites excluding steroid dienone is 2. The van der Waals surface area contributed by atoms with E-state index in [1.807, 2.05) is 6.08 Å². The van der Waals surface area contributed by atoms with E-state index in [1.54, 1.807) is 6.08 Å². The first-order chi connectivity index (χ1) is 7.65. The molecule has 0 atom stereocenters. The average molecular weight is 220 g/mol.